The lowest BCUT2D eigenvalue weighted by Gasteiger charge is -2.01. The minimum absolute atomic E-state index is 0.0352. The van der Waals surface area contributed by atoms with Gasteiger partial charge in [0.1, 0.15) is 5.82 Å². The summed E-state index contributed by atoms with van der Waals surface area (Å²) in [5.41, 5.74) is 1.66. The molecule has 0 bridgehead atoms. The van der Waals surface area contributed by atoms with Crippen LogP contribution in [0.5, 0.6) is 0 Å². The molecule has 4 nitrogen and oxygen atoms in total. The molecule has 0 saturated carbocycles. The van der Waals surface area contributed by atoms with Crippen molar-refractivity contribution in [2.45, 2.75) is 18.0 Å². The number of carbonyl (C=O) groups is 1. The van der Waals surface area contributed by atoms with Crippen LogP contribution in [0.1, 0.15) is 23.2 Å². The number of hydrogen-bond acceptors (Lipinski definition) is 5. The smallest absolute Gasteiger partial charge is 0.217 e. The summed E-state index contributed by atoms with van der Waals surface area (Å²) < 4.78 is 16.1. The number of thiazole rings is 1. The molecule has 0 radical (unpaired) electrons. The SMILES string of the molecule is O=C(CCCSc1nnc2sc3ccccc3n12)c1ccc(F)cc1. The van der Waals surface area contributed by atoms with Crippen molar-refractivity contribution < 1.29 is 9.18 Å². The number of thioether (sulfide) groups is 1. The summed E-state index contributed by atoms with van der Waals surface area (Å²) in [5, 5.41) is 9.33. The van der Waals surface area contributed by atoms with Gasteiger partial charge in [-0.25, -0.2) is 4.39 Å². The number of ketones is 1. The van der Waals surface area contributed by atoms with E-state index < -0.39 is 0 Å². The number of Topliss-reactive ketones (excluding diaryl/α,β-unsaturated/α-hetero) is 1. The van der Waals surface area contributed by atoms with Gasteiger partial charge in [0.25, 0.3) is 0 Å². The molecule has 0 saturated heterocycles. The Bertz CT molecular complexity index is 1040. The van der Waals surface area contributed by atoms with Gasteiger partial charge in [0.05, 0.1) is 10.2 Å². The zero-order valence-electron chi connectivity index (χ0n) is 13.2. The molecule has 0 amide bonds. The third kappa shape index (κ3) is 3.29. The summed E-state index contributed by atoms with van der Waals surface area (Å²) in [4.78, 5) is 13.0. The van der Waals surface area contributed by atoms with Crippen LogP contribution in [0.3, 0.4) is 0 Å². The lowest BCUT2D eigenvalue weighted by atomic mass is 10.1. The molecule has 0 fully saturated rings. The van der Waals surface area contributed by atoms with Crippen LogP contribution in [0.15, 0.2) is 53.7 Å². The van der Waals surface area contributed by atoms with Gasteiger partial charge in [-0.3, -0.25) is 9.20 Å². The number of nitrogens with zero attached hydrogens (tertiary/aromatic N) is 3. The van der Waals surface area contributed by atoms with Crippen LogP contribution in [0.25, 0.3) is 15.2 Å². The van der Waals surface area contributed by atoms with Gasteiger partial charge in [-0.15, -0.1) is 10.2 Å². The van der Waals surface area contributed by atoms with Gasteiger partial charge >= 0.3 is 0 Å². The summed E-state index contributed by atoms with van der Waals surface area (Å²) in [5.74, 6) is 0.483. The van der Waals surface area contributed by atoms with Gasteiger partial charge in [0.2, 0.25) is 4.96 Å². The van der Waals surface area contributed by atoms with Crippen LogP contribution in [-0.2, 0) is 0 Å². The fourth-order valence-electron chi connectivity index (χ4n) is 2.63. The normalized spacial score (nSPS) is 11.4. The number of aromatic nitrogens is 3. The Kier molecular flexibility index (Phi) is 4.50. The number of benzene rings is 2. The van der Waals surface area contributed by atoms with Crippen molar-refractivity contribution in [3.8, 4) is 0 Å². The third-order valence-corrected chi connectivity index (χ3v) is 5.88. The zero-order valence-corrected chi connectivity index (χ0v) is 14.8. The van der Waals surface area contributed by atoms with Crippen molar-refractivity contribution in [3.05, 3.63) is 59.9 Å². The van der Waals surface area contributed by atoms with Gasteiger partial charge in [0, 0.05) is 17.7 Å². The van der Waals surface area contributed by atoms with Crippen molar-refractivity contribution in [1.29, 1.82) is 0 Å². The topological polar surface area (TPSA) is 47.3 Å². The van der Waals surface area contributed by atoms with E-state index in [1.54, 1.807) is 23.1 Å². The number of halogens is 1. The van der Waals surface area contributed by atoms with Gasteiger partial charge < -0.3 is 0 Å². The quantitative estimate of drug-likeness (QED) is 0.276. The predicted molar refractivity (Wildman–Crippen MR) is 99.1 cm³/mol. The Balaban J connectivity index is 1.39. The highest BCUT2D eigenvalue weighted by molar-refractivity contribution is 7.99. The Morgan fingerprint density at radius 1 is 1.12 bits per heavy atom. The second-order valence-electron chi connectivity index (χ2n) is 5.55. The van der Waals surface area contributed by atoms with E-state index in [2.05, 4.69) is 26.7 Å². The molecular weight excluding hydrogens is 357 g/mol. The Morgan fingerprint density at radius 2 is 1.92 bits per heavy atom. The maximum Gasteiger partial charge on any atom is 0.217 e. The Hall–Kier alpha value is -2.25. The molecule has 2 aromatic carbocycles. The Morgan fingerprint density at radius 3 is 2.76 bits per heavy atom. The summed E-state index contributed by atoms with van der Waals surface area (Å²) in [6.45, 7) is 0. The van der Waals surface area contributed by atoms with Crippen molar-refractivity contribution in [3.63, 3.8) is 0 Å². The summed E-state index contributed by atoms with van der Waals surface area (Å²) in [7, 11) is 0. The first-order valence-corrected chi connectivity index (χ1v) is 9.67. The lowest BCUT2D eigenvalue weighted by molar-refractivity contribution is 0.0982. The van der Waals surface area contributed by atoms with Crippen LogP contribution < -0.4 is 0 Å². The number of carbonyl (C=O) groups excluding carboxylic acids is 1. The molecule has 0 atom stereocenters. The van der Waals surface area contributed by atoms with Gasteiger partial charge in [-0.1, -0.05) is 35.2 Å². The lowest BCUT2D eigenvalue weighted by Crippen LogP contribution is -2.00. The molecule has 2 aromatic heterocycles. The molecule has 0 aliphatic rings. The van der Waals surface area contributed by atoms with E-state index in [1.807, 2.05) is 12.1 Å². The number of rotatable bonds is 6. The van der Waals surface area contributed by atoms with E-state index in [-0.39, 0.29) is 11.6 Å². The fraction of sp³-hybridized carbons (Fsp3) is 0.167. The first-order chi connectivity index (χ1) is 12.2. The van der Waals surface area contributed by atoms with E-state index in [1.165, 1.54) is 29.0 Å². The monoisotopic (exact) mass is 371 g/mol. The van der Waals surface area contributed by atoms with E-state index in [0.29, 0.717) is 12.0 Å². The van der Waals surface area contributed by atoms with Gasteiger partial charge in [-0.05, 0) is 42.8 Å². The number of para-hydroxylation sites is 1. The minimum atomic E-state index is -0.328. The average Bonchev–Trinajstić information content (AvgIpc) is 3.18. The van der Waals surface area contributed by atoms with E-state index in [0.717, 1.165) is 27.8 Å². The van der Waals surface area contributed by atoms with Crippen molar-refractivity contribution in [2.75, 3.05) is 5.75 Å². The zero-order chi connectivity index (χ0) is 17.2. The van der Waals surface area contributed by atoms with Crippen LogP contribution in [0.2, 0.25) is 0 Å². The van der Waals surface area contributed by atoms with Gasteiger partial charge in [0.15, 0.2) is 10.9 Å². The molecule has 4 rings (SSSR count). The standard InChI is InChI=1S/C18H14FN3OS2/c19-13-9-7-12(8-10-13)15(23)5-3-11-24-17-20-21-18-22(17)14-4-1-2-6-16(14)25-18/h1-2,4,6-10H,3,5,11H2. The van der Waals surface area contributed by atoms with Gasteiger partial charge in [-0.2, -0.15) is 0 Å². The predicted octanol–water partition coefficient (Wildman–Crippen LogP) is 4.84. The third-order valence-electron chi connectivity index (χ3n) is 3.86. The van der Waals surface area contributed by atoms with E-state index in [4.69, 9.17) is 0 Å². The van der Waals surface area contributed by atoms with Crippen molar-refractivity contribution >= 4 is 44.1 Å². The Labute approximate surface area is 151 Å². The highest BCUT2D eigenvalue weighted by Gasteiger charge is 2.12. The fourth-order valence-corrected chi connectivity index (χ4v) is 4.53. The molecule has 0 N–H and O–H groups in total. The molecule has 0 aliphatic heterocycles. The highest BCUT2D eigenvalue weighted by atomic mass is 32.2. The minimum Gasteiger partial charge on any atom is -0.294 e. The van der Waals surface area contributed by atoms with E-state index >= 15 is 0 Å². The molecule has 2 heterocycles. The van der Waals surface area contributed by atoms with Crippen LogP contribution >= 0.6 is 23.1 Å². The molecule has 0 unspecified atom stereocenters. The molecule has 126 valence electrons. The average molecular weight is 371 g/mol. The maximum absolute atomic E-state index is 12.9. The molecule has 0 aliphatic carbocycles. The van der Waals surface area contributed by atoms with Crippen LogP contribution in [0.4, 0.5) is 4.39 Å². The first kappa shape index (κ1) is 16.2. The second-order valence-corrected chi connectivity index (χ2v) is 7.62. The van der Waals surface area contributed by atoms with Crippen LogP contribution in [-0.4, -0.2) is 26.1 Å². The summed E-state index contributed by atoms with van der Waals surface area (Å²) in [6, 6.07) is 13.8. The highest BCUT2D eigenvalue weighted by Crippen LogP contribution is 2.29. The molecule has 0 spiro atoms. The van der Waals surface area contributed by atoms with Crippen molar-refractivity contribution in [1.82, 2.24) is 14.6 Å². The molecule has 7 heteroatoms. The number of hydrogen-bond donors (Lipinski definition) is 0. The molecule has 25 heavy (non-hydrogen) atoms. The summed E-state index contributed by atoms with van der Waals surface area (Å²) >= 11 is 3.22. The summed E-state index contributed by atoms with van der Waals surface area (Å²) in [6.07, 6.45) is 1.17. The van der Waals surface area contributed by atoms with Crippen molar-refractivity contribution in [2.24, 2.45) is 0 Å². The number of fused-ring (bicyclic) bond motifs is 3. The first-order valence-electron chi connectivity index (χ1n) is 7.86. The largest absolute Gasteiger partial charge is 0.294 e. The second kappa shape index (κ2) is 6.93. The van der Waals surface area contributed by atoms with E-state index in [9.17, 15) is 9.18 Å². The molecule has 4 aromatic rings. The van der Waals surface area contributed by atoms with Crippen LogP contribution in [0, 0.1) is 5.82 Å². The maximum atomic E-state index is 12.9. The molecular formula is C18H14FN3OS2.